The van der Waals surface area contributed by atoms with Crippen LogP contribution in [-0.4, -0.2) is 61.7 Å². The van der Waals surface area contributed by atoms with Crippen LogP contribution < -0.4 is 16.0 Å². The summed E-state index contributed by atoms with van der Waals surface area (Å²) in [6.45, 7) is 6.15. The number of alkyl halides is 3. The highest BCUT2D eigenvalue weighted by molar-refractivity contribution is 6.35. The lowest BCUT2D eigenvalue weighted by Gasteiger charge is -2.15. The zero-order chi connectivity index (χ0) is 25.8. The van der Waals surface area contributed by atoms with Crippen molar-refractivity contribution in [2.75, 3.05) is 43.9 Å². The van der Waals surface area contributed by atoms with Crippen molar-refractivity contribution < 1.29 is 27.6 Å². The Hall–Kier alpha value is -3.60. The van der Waals surface area contributed by atoms with Crippen LogP contribution in [0.3, 0.4) is 0 Å². The second kappa shape index (κ2) is 10.8. The van der Waals surface area contributed by atoms with E-state index in [9.17, 15) is 22.8 Å². The van der Waals surface area contributed by atoms with Crippen LogP contribution >= 0.6 is 0 Å². The van der Waals surface area contributed by atoms with Crippen molar-refractivity contribution in [3.05, 3.63) is 46.3 Å². The summed E-state index contributed by atoms with van der Waals surface area (Å²) < 4.78 is 42.3. The lowest BCUT2D eigenvalue weighted by atomic mass is 10.0. The normalized spacial score (nSPS) is 16.5. The standard InChI is InChI=1S/C23H26F3N5O2.CH2O/c1-13-19(22(33)28-7-10-31-8-3-4-9-31)20(23(24,25)26)18(29-13)12-16-15-11-14(27-2)5-6-17(15)30-21(16)32;1-2/h5-6,11-12,27,29H,3-4,7-10H2,1-2H3,(H,28,33)(H,30,32);1H2/b16-12-;. The van der Waals surface area contributed by atoms with Gasteiger partial charge in [-0.15, -0.1) is 0 Å². The Morgan fingerprint density at radius 1 is 1.23 bits per heavy atom. The molecule has 0 saturated carbocycles. The van der Waals surface area contributed by atoms with Gasteiger partial charge >= 0.3 is 6.18 Å². The number of amides is 2. The van der Waals surface area contributed by atoms with E-state index in [4.69, 9.17) is 4.79 Å². The van der Waals surface area contributed by atoms with E-state index in [1.807, 2.05) is 6.79 Å². The number of carbonyl (C=O) groups is 3. The van der Waals surface area contributed by atoms with E-state index in [1.54, 1.807) is 25.2 Å². The molecule has 2 aromatic rings. The van der Waals surface area contributed by atoms with Gasteiger partial charge in [0.15, 0.2) is 0 Å². The molecule has 0 radical (unpaired) electrons. The van der Waals surface area contributed by atoms with E-state index in [-0.39, 0.29) is 23.5 Å². The maximum atomic E-state index is 14.1. The number of nitrogens with zero attached hydrogens (tertiary/aromatic N) is 1. The number of aromatic amines is 1. The summed E-state index contributed by atoms with van der Waals surface area (Å²) in [4.78, 5) is 38.1. The van der Waals surface area contributed by atoms with E-state index in [2.05, 4.69) is 25.8 Å². The maximum Gasteiger partial charge on any atom is 0.419 e. The lowest BCUT2D eigenvalue weighted by Crippen LogP contribution is -2.34. The summed E-state index contributed by atoms with van der Waals surface area (Å²) in [5.41, 5.74) is 0.0668. The Kier molecular flexibility index (Phi) is 8.00. The number of likely N-dealkylation sites (tertiary alicyclic amines) is 1. The molecule has 0 atom stereocenters. The predicted molar refractivity (Wildman–Crippen MR) is 128 cm³/mol. The Balaban J connectivity index is 0.00000167. The molecule has 11 heteroatoms. The maximum absolute atomic E-state index is 14.1. The number of fused-ring (bicyclic) bond motifs is 1. The summed E-state index contributed by atoms with van der Waals surface area (Å²) in [6.07, 6.45) is -1.44. The fourth-order valence-electron chi connectivity index (χ4n) is 4.39. The third-order valence-corrected chi connectivity index (χ3v) is 6.02. The smallest absolute Gasteiger partial charge is 0.388 e. The summed E-state index contributed by atoms with van der Waals surface area (Å²) in [5.74, 6) is -1.29. The molecule has 2 amide bonds. The first-order valence-electron chi connectivity index (χ1n) is 11.1. The Labute approximate surface area is 201 Å². The van der Waals surface area contributed by atoms with Crippen molar-refractivity contribution in [1.29, 1.82) is 0 Å². The number of hydrogen-bond donors (Lipinski definition) is 4. The number of aryl methyl sites for hydroxylation is 1. The topological polar surface area (TPSA) is 106 Å². The number of rotatable bonds is 6. The molecule has 1 aromatic carbocycles. The minimum Gasteiger partial charge on any atom is -0.388 e. The molecule has 1 saturated heterocycles. The third kappa shape index (κ3) is 5.56. The van der Waals surface area contributed by atoms with Crippen molar-refractivity contribution >= 4 is 41.6 Å². The van der Waals surface area contributed by atoms with Crippen molar-refractivity contribution in [3.8, 4) is 0 Å². The van der Waals surface area contributed by atoms with Crippen LogP contribution in [0.15, 0.2) is 18.2 Å². The monoisotopic (exact) mass is 491 g/mol. The summed E-state index contributed by atoms with van der Waals surface area (Å²) in [5, 5.41) is 8.23. The minimum atomic E-state index is -4.79. The van der Waals surface area contributed by atoms with Crippen molar-refractivity contribution in [3.63, 3.8) is 0 Å². The average Bonchev–Trinajstić information content (AvgIpc) is 3.53. The van der Waals surface area contributed by atoms with Crippen LogP contribution in [0.4, 0.5) is 24.5 Å². The first-order valence-corrected chi connectivity index (χ1v) is 11.1. The molecule has 0 spiro atoms. The van der Waals surface area contributed by atoms with Crippen LogP contribution in [0.1, 0.15) is 45.7 Å². The van der Waals surface area contributed by atoms with Gasteiger partial charge in [-0.3, -0.25) is 9.59 Å². The van der Waals surface area contributed by atoms with Gasteiger partial charge in [-0.25, -0.2) is 0 Å². The second-order valence-electron chi connectivity index (χ2n) is 8.24. The van der Waals surface area contributed by atoms with Gasteiger partial charge in [0.2, 0.25) is 0 Å². The van der Waals surface area contributed by atoms with Crippen LogP contribution in [0.2, 0.25) is 0 Å². The lowest BCUT2D eigenvalue weighted by molar-refractivity contribution is -0.138. The van der Waals surface area contributed by atoms with E-state index in [0.29, 0.717) is 23.5 Å². The van der Waals surface area contributed by atoms with Gasteiger partial charge in [0, 0.05) is 42.8 Å². The van der Waals surface area contributed by atoms with Gasteiger partial charge < -0.3 is 30.6 Å². The molecule has 35 heavy (non-hydrogen) atoms. The highest BCUT2D eigenvalue weighted by Gasteiger charge is 2.41. The van der Waals surface area contributed by atoms with Crippen LogP contribution in [0.5, 0.6) is 0 Å². The zero-order valence-corrected chi connectivity index (χ0v) is 19.6. The first kappa shape index (κ1) is 26.0. The molecule has 0 unspecified atom stereocenters. The molecule has 2 aliphatic rings. The molecular weight excluding hydrogens is 463 g/mol. The fraction of sp³-hybridized carbons (Fsp3) is 0.375. The molecular formula is C24H28F3N5O3. The van der Waals surface area contributed by atoms with Crippen molar-refractivity contribution in [2.45, 2.75) is 25.9 Å². The third-order valence-electron chi connectivity index (χ3n) is 6.02. The van der Waals surface area contributed by atoms with E-state index in [0.717, 1.165) is 32.0 Å². The Bertz CT molecular complexity index is 1130. The van der Waals surface area contributed by atoms with Gasteiger partial charge in [-0.2, -0.15) is 13.2 Å². The van der Waals surface area contributed by atoms with E-state index in [1.165, 1.54) is 6.92 Å². The number of anilines is 2. The van der Waals surface area contributed by atoms with Crippen LogP contribution in [-0.2, 0) is 15.8 Å². The molecule has 0 bridgehead atoms. The zero-order valence-electron chi connectivity index (χ0n) is 19.6. The van der Waals surface area contributed by atoms with E-state index < -0.39 is 29.1 Å². The van der Waals surface area contributed by atoms with Crippen LogP contribution in [0.25, 0.3) is 11.6 Å². The quantitative estimate of drug-likeness (QED) is 0.463. The molecule has 0 aliphatic carbocycles. The molecule has 8 nitrogen and oxygen atoms in total. The second-order valence-corrected chi connectivity index (χ2v) is 8.24. The number of carbonyl (C=O) groups excluding carboxylic acids is 3. The first-order chi connectivity index (χ1) is 16.7. The number of benzene rings is 1. The number of H-pyrrole nitrogens is 1. The molecule has 1 fully saturated rings. The van der Waals surface area contributed by atoms with Gasteiger partial charge in [0.25, 0.3) is 11.8 Å². The predicted octanol–water partition coefficient (Wildman–Crippen LogP) is 3.52. The average molecular weight is 492 g/mol. The molecule has 3 heterocycles. The van der Waals surface area contributed by atoms with E-state index >= 15 is 0 Å². The number of aromatic nitrogens is 1. The molecule has 4 N–H and O–H groups in total. The van der Waals surface area contributed by atoms with Crippen LogP contribution in [0, 0.1) is 6.92 Å². The molecule has 188 valence electrons. The van der Waals surface area contributed by atoms with Crippen molar-refractivity contribution in [1.82, 2.24) is 15.2 Å². The Morgan fingerprint density at radius 3 is 2.54 bits per heavy atom. The van der Waals surface area contributed by atoms with Gasteiger partial charge in [0.1, 0.15) is 6.79 Å². The number of halogens is 3. The van der Waals surface area contributed by atoms with Crippen molar-refractivity contribution in [2.24, 2.45) is 0 Å². The molecule has 4 rings (SSSR count). The van der Waals surface area contributed by atoms with Gasteiger partial charge in [-0.05, 0) is 57.1 Å². The SMILES string of the molecule is C=O.CNc1ccc2c(c1)/C(=C/c1[nH]c(C)c(C(=O)NCCN3CCCC3)c1C(F)(F)F)C(=O)N2. The summed E-state index contributed by atoms with van der Waals surface area (Å²) in [6, 6.07) is 5.13. The fourth-order valence-corrected chi connectivity index (χ4v) is 4.39. The number of hydrogen-bond acceptors (Lipinski definition) is 5. The highest BCUT2D eigenvalue weighted by atomic mass is 19.4. The Morgan fingerprint density at radius 2 is 1.91 bits per heavy atom. The molecule has 1 aromatic heterocycles. The summed E-state index contributed by atoms with van der Waals surface area (Å²) >= 11 is 0. The summed E-state index contributed by atoms with van der Waals surface area (Å²) in [7, 11) is 1.71. The highest BCUT2D eigenvalue weighted by Crippen LogP contribution is 2.40. The minimum absolute atomic E-state index is 0.0924. The largest absolute Gasteiger partial charge is 0.419 e. The van der Waals surface area contributed by atoms with Gasteiger partial charge in [-0.1, -0.05) is 0 Å². The number of nitrogens with one attached hydrogen (secondary N) is 4. The van der Waals surface area contributed by atoms with Gasteiger partial charge in [0.05, 0.1) is 22.4 Å². The molecule has 2 aliphatic heterocycles.